The molecule has 1 saturated heterocycles. The van der Waals surface area contributed by atoms with Crippen molar-refractivity contribution in [1.29, 1.82) is 0 Å². The molecule has 0 radical (unpaired) electrons. The van der Waals surface area contributed by atoms with Crippen LogP contribution in [0.15, 0.2) is 24.3 Å². The van der Waals surface area contributed by atoms with E-state index in [0.29, 0.717) is 31.5 Å². The predicted octanol–water partition coefficient (Wildman–Crippen LogP) is 3.19. The van der Waals surface area contributed by atoms with Crippen molar-refractivity contribution in [2.75, 3.05) is 13.1 Å². The lowest BCUT2D eigenvalue weighted by atomic mass is 9.90. The van der Waals surface area contributed by atoms with E-state index in [1.165, 1.54) is 6.07 Å². The first-order valence-corrected chi connectivity index (χ1v) is 8.78. The number of halogens is 2. The molecule has 0 spiro atoms. The number of carbonyl (C=O) groups excluding carboxylic acids is 2. The van der Waals surface area contributed by atoms with E-state index in [9.17, 15) is 18.4 Å². The highest BCUT2D eigenvalue weighted by Gasteiger charge is 2.32. The van der Waals surface area contributed by atoms with Crippen LogP contribution in [0.25, 0.3) is 0 Å². The maximum absolute atomic E-state index is 12.4. The quantitative estimate of drug-likeness (QED) is 0.868. The van der Waals surface area contributed by atoms with Gasteiger partial charge in [-0.1, -0.05) is 39.0 Å². The number of nitrogens with zero attached hydrogens (tertiary/aromatic N) is 1. The van der Waals surface area contributed by atoms with Crippen LogP contribution >= 0.6 is 0 Å². The van der Waals surface area contributed by atoms with E-state index in [-0.39, 0.29) is 30.0 Å². The summed E-state index contributed by atoms with van der Waals surface area (Å²) in [6, 6.07) is 6.40. The van der Waals surface area contributed by atoms with Gasteiger partial charge >= 0.3 is 6.61 Å². The van der Waals surface area contributed by atoms with Crippen molar-refractivity contribution in [3.63, 3.8) is 0 Å². The Bertz CT molecular complexity index is 636. The van der Waals surface area contributed by atoms with Gasteiger partial charge in [-0.3, -0.25) is 9.59 Å². The van der Waals surface area contributed by atoms with Gasteiger partial charge in [0, 0.05) is 36.5 Å². The Hall–Kier alpha value is -2.18. The van der Waals surface area contributed by atoms with E-state index in [0.717, 1.165) is 0 Å². The van der Waals surface area contributed by atoms with Crippen molar-refractivity contribution >= 4 is 11.8 Å². The molecule has 1 N–H and O–H groups in total. The van der Waals surface area contributed by atoms with Gasteiger partial charge in [0.1, 0.15) is 5.75 Å². The molecule has 2 rings (SSSR count). The summed E-state index contributed by atoms with van der Waals surface area (Å²) in [4.78, 5) is 26.5. The Morgan fingerprint density at radius 3 is 2.42 bits per heavy atom. The summed E-state index contributed by atoms with van der Waals surface area (Å²) in [5.74, 6) is -0.148. The summed E-state index contributed by atoms with van der Waals surface area (Å²) < 4.78 is 29.3. The van der Waals surface area contributed by atoms with Crippen molar-refractivity contribution in [3.05, 3.63) is 29.8 Å². The maximum atomic E-state index is 12.4. The first-order chi connectivity index (χ1) is 12.2. The fourth-order valence-electron chi connectivity index (χ4n) is 3.01. The highest BCUT2D eigenvalue weighted by Crippen LogP contribution is 2.24. The van der Waals surface area contributed by atoms with Crippen LogP contribution in [0.2, 0.25) is 0 Å². The van der Waals surface area contributed by atoms with E-state index in [1.807, 2.05) is 20.8 Å². The number of ether oxygens (including phenoxy) is 1. The Kier molecular flexibility index (Phi) is 6.56. The monoisotopic (exact) mass is 368 g/mol. The fourth-order valence-corrected chi connectivity index (χ4v) is 3.01. The standard InChI is InChI=1S/C19H26F2N2O3/c1-19(2,3)17(25)23-10-8-13(9-11-23)16(24)22-12-14-6-4-5-7-15(14)26-18(20)21/h4-7,13,18H,8-12H2,1-3H3,(H,22,24). The van der Waals surface area contributed by atoms with Gasteiger partial charge in [0.25, 0.3) is 0 Å². The average Bonchev–Trinajstić information content (AvgIpc) is 2.59. The lowest BCUT2D eigenvalue weighted by Crippen LogP contribution is -2.46. The third kappa shape index (κ3) is 5.41. The molecule has 0 unspecified atom stereocenters. The van der Waals surface area contributed by atoms with Crippen LogP contribution in [0, 0.1) is 11.3 Å². The molecule has 144 valence electrons. The molecule has 26 heavy (non-hydrogen) atoms. The highest BCUT2D eigenvalue weighted by atomic mass is 19.3. The minimum Gasteiger partial charge on any atom is -0.434 e. The molecule has 0 atom stereocenters. The fraction of sp³-hybridized carbons (Fsp3) is 0.579. The summed E-state index contributed by atoms with van der Waals surface area (Å²) in [5, 5.41) is 2.79. The molecule has 5 nitrogen and oxygen atoms in total. The number of alkyl halides is 2. The Balaban J connectivity index is 1.86. The van der Waals surface area contributed by atoms with Gasteiger partial charge in [-0.15, -0.1) is 0 Å². The first-order valence-electron chi connectivity index (χ1n) is 8.78. The van der Waals surface area contributed by atoms with Crippen molar-refractivity contribution in [3.8, 4) is 5.75 Å². The van der Waals surface area contributed by atoms with E-state index in [2.05, 4.69) is 10.1 Å². The van der Waals surface area contributed by atoms with Crippen LogP contribution in [-0.2, 0) is 16.1 Å². The molecular formula is C19H26F2N2O3. The number of benzene rings is 1. The molecule has 0 bridgehead atoms. The van der Waals surface area contributed by atoms with Gasteiger partial charge in [0.05, 0.1) is 0 Å². The predicted molar refractivity (Wildman–Crippen MR) is 93.7 cm³/mol. The smallest absolute Gasteiger partial charge is 0.387 e. The van der Waals surface area contributed by atoms with Gasteiger partial charge in [-0.2, -0.15) is 8.78 Å². The van der Waals surface area contributed by atoms with E-state index in [4.69, 9.17) is 0 Å². The van der Waals surface area contributed by atoms with Crippen molar-refractivity contribution in [2.24, 2.45) is 11.3 Å². The summed E-state index contributed by atoms with van der Waals surface area (Å²) in [5.41, 5.74) is 0.0743. The van der Waals surface area contributed by atoms with E-state index < -0.39 is 12.0 Å². The molecule has 7 heteroatoms. The molecule has 1 heterocycles. The zero-order valence-corrected chi connectivity index (χ0v) is 15.4. The molecule has 0 aromatic heterocycles. The van der Waals surface area contributed by atoms with Crippen LogP contribution in [-0.4, -0.2) is 36.4 Å². The number of hydrogen-bond acceptors (Lipinski definition) is 3. The van der Waals surface area contributed by atoms with Gasteiger partial charge in [0.2, 0.25) is 11.8 Å². The highest BCUT2D eigenvalue weighted by molar-refractivity contribution is 5.82. The summed E-state index contributed by atoms with van der Waals surface area (Å²) in [6.07, 6.45) is 1.20. The normalized spacial score (nSPS) is 15.8. The average molecular weight is 368 g/mol. The maximum Gasteiger partial charge on any atom is 0.387 e. The zero-order chi connectivity index (χ0) is 19.3. The minimum absolute atomic E-state index is 0.0633. The molecule has 1 aromatic carbocycles. The van der Waals surface area contributed by atoms with Crippen LogP contribution < -0.4 is 10.1 Å². The SMILES string of the molecule is CC(C)(C)C(=O)N1CCC(C(=O)NCc2ccccc2OC(F)F)CC1. The minimum atomic E-state index is -2.91. The van der Waals surface area contributed by atoms with Crippen molar-refractivity contribution in [2.45, 2.75) is 46.8 Å². The van der Waals surface area contributed by atoms with E-state index in [1.54, 1.807) is 23.1 Å². The Morgan fingerprint density at radius 1 is 1.23 bits per heavy atom. The van der Waals surface area contributed by atoms with Crippen LogP contribution in [0.5, 0.6) is 5.75 Å². The van der Waals surface area contributed by atoms with Crippen LogP contribution in [0.1, 0.15) is 39.2 Å². The third-order valence-electron chi connectivity index (χ3n) is 4.44. The second-order valence-corrected chi connectivity index (χ2v) is 7.52. The van der Waals surface area contributed by atoms with E-state index >= 15 is 0 Å². The second-order valence-electron chi connectivity index (χ2n) is 7.52. The number of hydrogen-bond donors (Lipinski definition) is 1. The molecule has 2 amide bonds. The second kappa shape index (κ2) is 8.47. The largest absolute Gasteiger partial charge is 0.434 e. The number of amides is 2. The van der Waals surface area contributed by atoms with Gasteiger partial charge in [-0.05, 0) is 18.9 Å². The summed E-state index contributed by atoms with van der Waals surface area (Å²) >= 11 is 0. The Labute approximate surface area is 152 Å². The molecule has 0 saturated carbocycles. The molecular weight excluding hydrogens is 342 g/mol. The first kappa shape index (κ1) is 20.1. The zero-order valence-electron chi connectivity index (χ0n) is 15.4. The lowest BCUT2D eigenvalue weighted by Gasteiger charge is -2.35. The molecule has 1 aliphatic rings. The number of piperidine rings is 1. The number of carbonyl (C=O) groups is 2. The lowest BCUT2D eigenvalue weighted by molar-refractivity contribution is -0.142. The number of nitrogens with one attached hydrogen (secondary N) is 1. The van der Waals surface area contributed by atoms with Crippen LogP contribution in [0.4, 0.5) is 8.78 Å². The Morgan fingerprint density at radius 2 is 1.85 bits per heavy atom. The number of rotatable bonds is 5. The summed E-state index contributed by atoms with van der Waals surface area (Å²) in [7, 11) is 0. The van der Waals surface area contributed by atoms with Crippen molar-refractivity contribution < 1.29 is 23.1 Å². The van der Waals surface area contributed by atoms with Gasteiger partial charge in [0.15, 0.2) is 0 Å². The van der Waals surface area contributed by atoms with Crippen molar-refractivity contribution in [1.82, 2.24) is 10.2 Å². The number of para-hydroxylation sites is 1. The molecule has 1 fully saturated rings. The topological polar surface area (TPSA) is 58.6 Å². The van der Waals surface area contributed by atoms with Gasteiger partial charge < -0.3 is 15.0 Å². The van der Waals surface area contributed by atoms with Gasteiger partial charge in [-0.25, -0.2) is 0 Å². The van der Waals surface area contributed by atoms with Crippen LogP contribution in [0.3, 0.4) is 0 Å². The molecule has 0 aliphatic carbocycles. The summed E-state index contributed by atoms with van der Waals surface area (Å²) in [6.45, 7) is 3.98. The molecule has 1 aromatic rings. The molecule has 1 aliphatic heterocycles. The third-order valence-corrected chi connectivity index (χ3v) is 4.44. The number of likely N-dealkylation sites (tertiary alicyclic amines) is 1.